The van der Waals surface area contributed by atoms with Crippen molar-refractivity contribution in [1.82, 2.24) is 0 Å². The van der Waals surface area contributed by atoms with Crippen LogP contribution >= 0.6 is 11.6 Å². The Morgan fingerprint density at radius 1 is 1.47 bits per heavy atom. The Balaban J connectivity index is 2.45. The lowest BCUT2D eigenvalue weighted by molar-refractivity contribution is -0.643. The number of amides is 1. The van der Waals surface area contributed by atoms with Crippen molar-refractivity contribution in [3.63, 3.8) is 0 Å². The van der Waals surface area contributed by atoms with Gasteiger partial charge >= 0.3 is 0 Å². The third-order valence-corrected chi connectivity index (χ3v) is 2.89. The van der Waals surface area contributed by atoms with Crippen LogP contribution in [0.25, 0.3) is 0 Å². The van der Waals surface area contributed by atoms with Gasteiger partial charge in [0.1, 0.15) is 0 Å². The second-order valence-electron chi connectivity index (χ2n) is 4.11. The number of hydrogen-bond donors (Lipinski definition) is 2. The summed E-state index contributed by atoms with van der Waals surface area (Å²) < 4.78 is 0. The highest BCUT2D eigenvalue weighted by Gasteiger charge is 2.09. The molecule has 1 amide bonds. The van der Waals surface area contributed by atoms with Gasteiger partial charge in [-0.25, -0.2) is 0 Å². The highest BCUT2D eigenvalue weighted by molar-refractivity contribution is 6.33. The molecule has 0 atom stereocenters. The zero-order chi connectivity index (χ0) is 12.7. The van der Waals surface area contributed by atoms with Crippen LogP contribution in [0.2, 0.25) is 5.02 Å². The van der Waals surface area contributed by atoms with E-state index in [9.17, 15) is 4.79 Å². The van der Waals surface area contributed by atoms with Gasteiger partial charge in [0.2, 0.25) is 0 Å². The number of anilines is 1. The van der Waals surface area contributed by atoms with Crippen molar-refractivity contribution in [1.29, 1.82) is 0 Å². The average molecular weight is 256 g/mol. The van der Waals surface area contributed by atoms with Crippen LogP contribution in [0.15, 0.2) is 18.2 Å². The molecule has 3 N–H and O–H groups in total. The van der Waals surface area contributed by atoms with Crippen LogP contribution in [0.4, 0.5) is 5.69 Å². The maximum absolute atomic E-state index is 11.7. The van der Waals surface area contributed by atoms with Crippen molar-refractivity contribution in [3.05, 3.63) is 28.8 Å². The second-order valence-corrected chi connectivity index (χ2v) is 4.52. The summed E-state index contributed by atoms with van der Waals surface area (Å²) in [5, 5.41) is 5.46. The standard InChI is InChI=1S/C13H19ClN2O/c1-3-4-8-15-9-12(17)16-13-10(2)6-5-7-11(13)14/h5-7,15H,3-4,8-9H2,1-2H3,(H,16,17)/p+1. The summed E-state index contributed by atoms with van der Waals surface area (Å²) >= 11 is 6.03. The molecule has 0 spiro atoms. The van der Waals surface area contributed by atoms with Crippen molar-refractivity contribution < 1.29 is 10.1 Å². The van der Waals surface area contributed by atoms with Crippen LogP contribution in [-0.2, 0) is 4.79 Å². The Bertz CT molecular complexity index is 359. The number of unbranched alkanes of at least 4 members (excludes halogenated alkanes) is 1. The van der Waals surface area contributed by atoms with Gasteiger partial charge in [-0.2, -0.15) is 0 Å². The largest absolute Gasteiger partial charge is 0.338 e. The normalized spacial score (nSPS) is 10.3. The lowest BCUT2D eigenvalue weighted by atomic mass is 10.2. The monoisotopic (exact) mass is 255 g/mol. The molecule has 0 saturated carbocycles. The van der Waals surface area contributed by atoms with E-state index in [-0.39, 0.29) is 5.91 Å². The topological polar surface area (TPSA) is 45.7 Å². The fourth-order valence-corrected chi connectivity index (χ4v) is 1.83. The first-order chi connectivity index (χ1) is 8.15. The molecule has 0 aromatic heterocycles. The molecule has 0 saturated heterocycles. The van der Waals surface area contributed by atoms with Crippen molar-refractivity contribution in [2.45, 2.75) is 26.7 Å². The summed E-state index contributed by atoms with van der Waals surface area (Å²) in [6.07, 6.45) is 2.29. The predicted molar refractivity (Wildman–Crippen MR) is 71.4 cm³/mol. The van der Waals surface area contributed by atoms with E-state index in [1.165, 1.54) is 0 Å². The van der Waals surface area contributed by atoms with Crippen LogP contribution in [-0.4, -0.2) is 19.0 Å². The van der Waals surface area contributed by atoms with Gasteiger partial charge in [-0.15, -0.1) is 0 Å². The predicted octanol–water partition coefficient (Wildman–Crippen LogP) is 1.95. The van der Waals surface area contributed by atoms with Crippen LogP contribution in [0, 0.1) is 6.92 Å². The van der Waals surface area contributed by atoms with E-state index in [1.54, 1.807) is 6.07 Å². The summed E-state index contributed by atoms with van der Waals surface area (Å²) in [5.41, 5.74) is 1.71. The molecular formula is C13H20ClN2O+. The lowest BCUT2D eigenvalue weighted by Crippen LogP contribution is -2.86. The van der Waals surface area contributed by atoms with E-state index in [1.807, 2.05) is 24.4 Å². The summed E-state index contributed by atoms with van der Waals surface area (Å²) in [6.45, 7) is 5.51. The fourth-order valence-electron chi connectivity index (χ4n) is 1.56. The van der Waals surface area contributed by atoms with Crippen molar-refractivity contribution in [2.75, 3.05) is 18.4 Å². The van der Waals surface area contributed by atoms with E-state index < -0.39 is 0 Å². The molecule has 0 aliphatic carbocycles. The van der Waals surface area contributed by atoms with Gasteiger partial charge in [0.05, 0.1) is 17.3 Å². The smallest absolute Gasteiger partial charge is 0.279 e. The summed E-state index contributed by atoms with van der Waals surface area (Å²) in [4.78, 5) is 11.7. The van der Waals surface area contributed by atoms with Gasteiger partial charge in [0.25, 0.3) is 5.91 Å². The van der Waals surface area contributed by atoms with Crippen LogP contribution in [0.1, 0.15) is 25.3 Å². The third kappa shape index (κ3) is 4.75. The number of benzene rings is 1. The molecule has 0 bridgehead atoms. The Labute approximate surface area is 108 Å². The molecule has 0 fully saturated rings. The summed E-state index contributed by atoms with van der Waals surface area (Å²) in [6, 6.07) is 5.59. The number of rotatable bonds is 6. The number of hydrogen-bond acceptors (Lipinski definition) is 1. The minimum absolute atomic E-state index is 0.00250. The molecule has 1 aromatic carbocycles. The fraction of sp³-hybridized carbons (Fsp3) is 0.462. The van der Waals surface area contributed by atoms with Gasteiger partial charge < -0.3 is 10.6 Å². The third-order valence-electron chi connectivity index (χ3n) is 2.58. The number of quaternary nitrogens is 1. The van der Waals surface area contributed by atoms with Gasteiger partial charge in [0, 0.05) is 0 Å². The maximum Gasteiger partial charge on any atom is 0.279 e. The minimum Gasteiger partial charge on any atom is -0.338 e. The summed E-state index contributed by atoms with van der Waals surface area (Å²) in [5.74, 6) is -0.00250. The van der Waals surface area contributed by atoms with E-state index in [0.717, 1.165) is 30.6 Å². The molecule has 3 nitrogen and oxygen atoms in total. The molecule has 94 valence electrons. The van der Waals surface area contributed by atoms with E-state index >= 15 is 0 Å². The number of aryl methyl sites for hydroxylation is 1. The minimum atomic E-state index is -0.00250. The molecule has 0 unspecified atom stereocenters. The van der Waals surface area contributed by atoms with Gasteiger partial charge in [-0.1, -0.05) is 37.1 Å². The van der Waals surface area contributed by atoms with Crippen molar-refractivity contribution >= 4 is 23.2 Å². The van der Waals surface area contributed by atoms with Gasteiger partial charge in [-0.3, -0.25) is 4.79 Å². The Morgan fingerprint density at radius 2 is 2.24 bits per heavy atom. The molecule has 0 aliphatic rings. The zero-order valence-electron chi connectivity index (χ0n) is 10.4. The van der Waals surface area contributed by atoms with Crippen LogP contribution in [0.5, 0.6) is 0 Å². The van der Waals surface area contributed by atoms with E-state index in [2.05, 4.69) is 12.2 Å². The van der Waals surface area contributed by atoms with Gasteiger partial charge in [-0.05, 0) is 25.0 Å². The first kappa shape index (κ1) is 14.0. The van der Waals surface area contributed by atoms with Crippen molar-refractivity contribution in [2.24, 2.45) is 0 Å². The van der Waals surface area contributed by atoms with E-state index in [0.29, 0.717) is 11.6 Å². The molecular weight excluding hydrogens is 236 g/mol. The Kier molecular flexibility index (Phi) is 6.01. The molecule has 0 aliphatic heterocycles. The molecule has 1 aromatic rings. The molecule has 0 radical (unpaired) electrons. The molecule has 0 heterocycles. The number of para-hydroxylation sites is 1. The number of carbonyl (C=O) groups excluding carboxylic acids is 1. The molecule has 1 rings (SSSR count). The highest BCUT2D eigenvalue weighted by Crippen LogP contribution is 2.24. The van der Waals surface area contributed by atoms with E-state index in [4.69, 9.17) is 11.6 Å². The second kappa shape index (κ2) is 7.30. The number of nitrogens with one attached hydrogen (secondary N) is 1. The maximum atomic E-state index is 11.7. The first-order valence-corrected chi connectivity index (χ1v) is 6.39. The van der Waals surface area contributed by atoms with Crippen molar-refractivity contribution in [3.8, 4) is 0 Å². The lowest BCUT2D eigenvalue weighted by Gasteiger charge is -2.09. The number of carbonyl (C=O) groups is 1. The quantitative estimate of drug-likeness (QED) is 0.750. The SMILES string of the molecule is CCCC[NH2+]CC(=O)Nc1c(C)cccc1Cl. The van der Waals surface area contributed by atoms with Crippen LogP contribution in [0.3, 0.4) is 0 Å². The Hall–Kier alpha value is -1.06. The number of nitrogens with two attached hydrogens (primary N) is 1. The summed E-state index contributed by atoms with van der Waals surface area (Å²) in [7, 11) is 0. The zero-order valence-corrected chi connectivity index (χ0v) is 11.2. The van der Waals surface area contributed by atoms with Gasteiger partial charge in [0.15, 0.2) is 6.54 Å². The molecule has 4 heteroatoms. The first-order valence-electron chi connectivity index (χ1n) is 6.01. The highest BCUT2D eigenvalue weighted by atomic mass is 35.5. The van der Waals surface area contributed by atoms with Crippen LogP contribution < -0.4 is 10.6 Å². The average Bonchev–Trinajstić information content (AvgIpc) is 2.30. The molecule has 17 heavy (non-hydrogen) atoms. The number of halogens is 1. The Morgan fingerprint density at radius 3 is 2.88 bits per heavy atom.